The first-order chi connectivity index (χ1) is 31.3. The minimum Gasteiger partial charge on any atom is -0.309 e. The lowest BCUT2D eigenvalue weighted by atomic mass is 9.67. The molecule has 0 N–H and O–H groups in total. The summed E-state index contributed by atoms with van der Waals surface area (Å²) in [4.78, 5) is 27.4. The second-order valence-electron chi connectivity index (χ2n) is 16.2. The summed E-state index contributed by atoms with van der Waals surface area (Å²) in [6.45, 7) is 0. The molecule has 1 aliphatic carbocycles. The van der Waals surface area contributed by atoms with E-state index < -0.39 is 5.41 Å². The molecule has 0 saturated heterocycles. The van der Waals surface area contributed by atoms with E-state index in [1.54, 1.807) is 12.4 Å². The lowest BCUT2D eigenvalue weighted by molar-refractivity contribution is 0.711. The maximum Gasteiger partial charge on any atom is 0.0980 e. The van der Waals surface area contributed by atoms with Crippen LogP contribution in [0, 0.1) is 0 Å². The van der Waals surface area contributed by atoms with Crippen LogP contribution in [0.4, 0.5) is 17.1 Å². The van der Waals surface area contributed by atoms with Crippen LogP contribution >= 0.6 is 23.5 Å². The zero-order valence-electron chi connectivity index (χ0n) is 33.5. The average Bonchev–Trinajstić information content (AvgIpc) is 3.83. The van der Waals surface area contributed by atoms with Crippen LogP contribution in [-0.2, 0) is 5.41 Å². The third-order valence-electron chi connectivity index (χ3n) is 13.0. The molecule has 1 unspecified atom stereocenters. The van der Waals surface area contributed by atoms with Crippen molar-refractivity contribution in [2.75, 3.05) is 4.90 Å². The van der Waals surface area contributed by atoms with E-state index in [4.69, 9.17) is 15.0 Å². The summed E-state index contributed by atoms with van der Waals surface area (Å²) >= 11 is 3.75. The van der Waals surface area contributed by atoms with E-state index in [0.29, 0.717) is 0 Å². The van der Waals surface area contributed by atoms with E-state index in [9.17, 15) is 0 Å². The van der Waals surface area contributed by atoms with Gasteiger partial charge in [0.1, 0.15) is 0 Å². The van der Waals surface area contributed by atoms with Crippen LogP contribution in [0.5, 0.6) is 0 Å². The highest BCUT2D eigenvalue weighted by Crippen LogP contribution is 2.65. The normalized spacial score (nSPS) is 15.5. The fraction of sp³-hybridized carbons (Fsp3) is 0.0182. The second kappa shape index (κ2) is 13.2. The Balaban J connectivity index is 1.01. The van der Waals surface area contributed by atoms with Gasteiger partial charge in [-0.15, -0.1) is 0 Å². The van der Waals surface area contributed by atoms with Gasteiger partial charge in [0.2, 0.25) is 0 Å². The number of fused-ring (bicyclic) bond motifs is 16. The first-order valence-corrected chi connectivity index (χ1v) is 22.7. The van der Waals surface area contributed by atoms with Crippen LogP contribution in [0.1, 0.15) is 22.3 Å². The molecular weight excluding hydrogens is 809 g/mol. The molecular formula is C55H32N6S2. The molecule has 11 aromatic rings. The summed E-state index contributed by atoms with van der Waals surface area (Å²) in [6, 6.07) is 63.8. The Bertz CT molecular complexity index is 3730. The summed E-state index contributed by atoms with van der Waals surface area (Å²) in [5, 5.41) is 2.47. The first-order valence-electron chi connectivity index (χ1n) is 21.0. The summed E-state index contributed by atoms with van der Waals surface area (Å²) in [5.74, 6) is 0. The highest BCUT2D eigenvalue weighted by molar-refractivity contribution is 8.02. The molecule has 1 atom stereocenters. The van der Waals surface area contributed by atoms with Gasteiger partial charge in [-0.2, -0.15) is 0 Å². The lowest BCUT2D eigenvalue weighted by Crippen LogP contribution is -2.32. The molecule has 2 aliphatic heterocycles. The van der Waals surface area contributed by atoms with Crippen molar-refractivity contribution >= 4 is 73.4 Å². The van der Waals surface area contributed by atoms with E-state index >= 15 is 0 Å². The monoisotopic (exact) mass is 840 g/mol. The van der Waals surface area contributed by atoms with E-state index in [1.165, 1.54) is 58.2 Å². The van der Waals surface area contributed by atoms with Crippen molar-refractivity contribution in [3.63, 3.8) is 0 Å². The molecule has 6 nitrogen and oxygen atoms in total. The number of anilines is 3. The average molecular weight is 841 g/mol. The molecule has 4 aromatic heterocycles. The Morgan fingerprint density at radius 1 is 0.444 bits per heavy atom. The van der Waals surface area contributed by atoms with Crippen molar-refractivity contribution < 1.29 is 0 Å². The standard InChI is InChI=1S/C55H32N6S2/c1-2-12-33(13-3-1)60-44-19-6-4-14-35(44)36-24-23-34(32-47(36)60)61-45-20-7-9-22-49(45)63-54-46(61)28-26-41-53(54)62-48-21-8-5-16-38(48)55(41)39-17-11-29-57-51(39)52-40(55)25-27-42(59-52)37-15-10-18-43-50(37)58-31-30-56-43/h1-32H. The molecule has 0 bridgehead atoms. The van der Waals surface area contributed by atoms with Crippen LogP contribution in [-0.4, -0.2) is 24.5 Å². The second-order valence-corrected chi connectivity index (χ2v) is 18.3. The summed E-state index contributed by atoms with van der Waals surface area (Å²) in [7, 11) is 0. The summed E-state index contributed by atoms with van der Waals surface area (Å²) in [6.07, 6.45) is 5.39. The van der Waals surface area contributed by atoms with Crippen molar-refractivity contribution in [3.05, 3.63) is 217 Å². The van der Waals surface area contributed by atoms with Gasteiger partial charge in [0.15, 0.2) is 0 Å². The van der Waals surface area contributed by atoms with Gasteiger partial charge >= 0.3 is 0 Å². The molecule has 63 heavy (non-hydrogen) atoms. The fourth-order valence-corrected chi connectivity index (χ4v) is 13.0. The molecule has 0 saturated carbocycles. The zero-order valence-corrected chi connectivity index (χ0v) is 35.1. The Hall–Kier alpha value is -7.52. The van der Waals surface area contributed by atoms with Crippen molar-refractivity contribution in [2.24, 2.45) is 0 Å². The van der Waals surface area contributed by atoms with E-state index in [1.807, 2.05) is 41.9 Å². The maximum absolute atomic E-state index is 5.50. The minimum absolute atomic E-state index is 0.646. The topological polar surface area (TPSA) is 59.7 Å². The third kappa shape index (κ3) is 4.82. The Morgan fingerprint density at radius 2 is 1.21 bits per heavy atom. The smallest absolute Gasteiger partial charge is 0.0980 e. The van der Waals surface area contributed by atoms with Gasteiger partial charge in [0.25, 0.3) is 0 Å². The number of benzene rings is 7. The highest BCUT2D eigenvalue weighted by atomic mass is 32.2. The molecule has 0 radical (unpaired) electrons. The van der Waals surface area contributed by atoms with Gasteiger partial charge in [-0.05, 0) is 95.1 Å². The number of hydrogen-bond donors (Lipinski definition) is 0. The number of nitrogens with zero attached hydrogens (tertiary/aromatic N) is 6. The third-order valence-corrected chi connectivity index (χ3v) is 15.5. The van der Waals surface area contributed by atoms with Gasteiger partial charge in [-0.1, -0.05) is 127 Å². The Labute approximate surface area is 371 Å². The number of rotatable bonds is 3. The van der Waals surface area contributed by atoms with E-state index in [-0.39, 0.29) is 0 Å². The van der Waals surface area contributed by atoms with E-state index in [2.05, 4.69) is 178 Å². The molecule has 1 spiro atoms. The number of pyridine rings is 2. The van der Waals surface area contributed by atoms with Crippen LogP contribution in [0.2, 0.25) is 0 Å². The van der Waals surface area contributed by atoms with Crippen molar-refractivity contribution in [2.45, 2.75) is 25.0 Å². The van der Waals surface area contributed by atoms with E-state index in [0.717, 1.165) is 61.9 Å². The van der Waals surface area contributed by atoms with Gasteiger partial charge in [-0.3, -0.25) is 15.0 Å². The molecule has 7 aromatic carbocycles. The lowest BCUT2D eigenvalue weighted by Gasteiger charge is -2.42. The molecule has 6 heterocycles. The van der Waals surface area contributed by atoms with Gasteiger partial charge < -0.3 is 9.47 Å². The first kappa shape index (κ1) is 35.1. The molecule has 294 valence electrons. The van der Waals surface area contributed by atoms with Gasteiger partial charge in [0.05, 0.1) is 60.8 Å². The highest BCUT2D eigenvalue weighted by Gasteiger charge is 2.52. The zero-order chi connectivity index (χ0) is 41.2. The van der Waals surface area contributed by atoms with Crippen LogP contribution in [0.15, 0.2) is 214 Å². The predicted molar refractivity (Wildman–Crippen MR) is 255 cm³/mol. The van der Waals surface area contributed by atoms with Crippen LogP contribution in [0.3, 0.4) is 0 Å². The maximum atomic E-state index is 5.50. The summed E-state index contributed by atoms with van der Waals surface area (Å²) in [5.41, 5.74) is 16.4. The Kier molecular flexibility index (Phi) is 7.38. The molecule has 0 fully saturated rings. The minimum atomic E-state index is -0.646. The van der Waals surface area contributed by atoms with Crippen molar-refractivity contribution in [3.8, 4) is 28.3 Å². The van der Waals surface area contributed by atoms with Crippen LogP contribution < -0.4 is 4.90 Å². The number of hydrogen-bond acceptors (Lipinski definition) is 7. The molecule has 8 heteroatoms. The SMILES string of the molecule is c1ccc(-n2c3ccccc3c3ccc(N4c5ccccc5Sc5c4ccc4c5Sc5ccccc5C45c4cccnc4-c4nc(-c6cccc7nccnc67)ccc45)cc32)cc1. The van der Waals surface area contributed by atoms with Crippen LogP contribution in [0.25, 0.3) is 61.2 Å². The quantitative estimate of drug-likeness (QED) is 0.176. The largest absolute Gasteiger partial charge is 0.309 e. The molecule has 0 amide bonds. The van der Waals surface area contributed by atoms with Gasteiger partial charge in [-0.25, -0.2) is 4.98 Å². The van der Waals surface area contributed by atoms with Crippen molar-refractivity contribution in [1.82, 2.24) is 24.5 Å². The fourth-order valence-electron chi connectivity index (χ4n) is 10.5. The van der Waals surface area contributed by atoms with Gasteiger partial charge in [0, 0.05) is 61.0 Å². The molecule has 14 rings (SSSR count). The predicted octanol–water partition coefficient (Wildman–Crippen LogP) is 13.9. The number of aromatic nitrogens is 5. The number of para-hydroxylation sites is 4. The molecule has 3 aliphatic rings. The van der Waals surface area contributed by atoms with Crippen molar-refractivity contribution in [1.29, 1.82) is 0 Å². The summed E-state index contributed by atoms with van der Waals surface area (Å²) < 4.78 is 2.40. The Morgan fingerprint density at radius 3 is 2.16 bits per heavy atom.